The van der Waals surface area contributed by atoms with Gasteiger partial charge in [0, 0.05) is 12.6 Å². The lowest BCUT2D eigenvalue weighted by atomic mass is 10.1. The molecule has 0 radical (unpaired) electrons. The molecule has 0 saturated heterocycles. The van der Waals surface area contributed by atoms with Crippen LogP contribution in [0.4, 0.5) is 10.1 Å². The Morgan fingerprint density at radius 2 is 1.62 bits per heavy atom. The number of hydrogen-bond donors (Lipinski definition) is 1. The van der Waals surface area contributed by atoms with Gasteiger partial charge in [0.1, 0.15) is 5.82 Å². The highest BCUT2D eigenvalue weighted by Gasteiger charge is 2.22. The molecule has 0 unspecified atom stereocenters. The van der Waals surface area contributed by atoms with E-state index in [2.05, 4.69) is 5.32 Å². The molecule has 3 aromatic rings. The summed E-state index contributed by atoms with van der Waals surface area (Å²) >= 11 is 0. The van der Waals surface area contributed by atoms with Crippen LogP contribution in [0.3, 0.4) is 0 Å². The van der Waals surface area contributed by atoms with Crippen LogP contribution in [-0.4, -0.2) is 21.4 Å². The normalized spacial score (nSPS) is 12.2. The summed E-state index contributed by atoms with van der Waals surface area (Å²) in [5.41, 5.74) is 1.46. The maximum absolute atomic E-state index is 13.1. The fraction of sp³-hybridized carbons (Fsp3) is 0.136. The average molecular weight is 412 g/mol. The number of amides is 1. The van der Waals surface area contributed by atoms with Crippen molar-refractivity contribution in [3.8, 4) is 0 Å². The molecule has 0 aromatic heterocycles. The second kappa shape index (κ2) is 8.45. The van der Waals surface area contributed by atoms with Crippen LogP contribution < -0.4 is 9.62 Å². The van der Waals surface area contributed by atoms with Gasteiger partial charge in [-0.25, -0.2) is 12.8 Å². The second-order valence-corrected chi connectivity index (χ2v) is 8.55. The first kappa shape index (κ1) is 20.5. The molecular formula is C22H21FN2O3S. The van der Waals surface area contributed by atoms with Gasteiger partial charge in [-0.3, -0.25) is 9.10 Å². The lowest BCUT2D eigenvalue weighted by Gasteiger charge is -2.20. The zero-order chi connectivity index (χ0) is 21.0. The summed E-state index contributed by atoms with van der Waals surface area (Å²) in [5.74, 6) is -0.697. The lowest BCUT2D eigenvalue weighted by Crippen LogP contribution is -2.28. The van der Waals surface area contributed by atoms with Crippen molar-refractivity contribution in [2.45, 2.75) is 17.9 Å². The molecule has 0 aliphatic rings. The van der Waals surface area contributed by atoms with E-state index in [9.17, 15) is 17.6 Å². The van der Waals surface area contributed by atoms with Crippen LogP contribution in [0.1, 0.15) is 28.9 Å². The SMILES string of the molecule is C[C@@H](NC(=O)c1cccc(N(C)S(=O)(=O)c2ccccc2)c1)c1ccc(F)cc1. The van der Waals surface area contributed by atoms with Crippen LogP contribution >= 0.6 is 0 Å². The minimum absolute atomic E-state index is 0.169. The molecule has 0 aliphatic heterocycles. The zero-order valence-corrected chi connectivity index (χ0v) is 16.9. The number of halogens is 1. The van der Waals surface area contributed by atoms with Crippen molar-refractivity contribution < 1.29 is 17.6 Å². The molecule has 7 heteroatoms. The maximum atomic E-state index is 13.1. The molecular weight excluding hydrogens is 391 g/mol. The van der Waals surface area contributed by atoms with E-state index in [1.54, 1.807) is 55.5 Å². The highest BCUT2D eigenvalue weighted by Crippen LogP contribution is 2.23. The standard InChI is InChI=1S/C22H21FN2O3S/c1-16(17-11-13-19(23)14-12-17)24-22(26)18-7-6-8-20(15-18)25(2)29(27,28)21-9-4-3-5-10-21/h3-16H,1-2H3,(H,24,26)/t16-/m1/s1. The monoisotopic (exact) mass is 412 g/mol. The van der Waals surface area contributed by atoms with Crippen molar-refractivity contribution in [1.82, 2.24) is 5.32 Å². The number of nitrogens with one attached hydrogen (secondary N) is 1. The highest BCUT2D eigenvalue weighted by molar-refractivity contribution is 7.92. The van der Waals surface area contributed by atoms with E-state index in [1.807, 2.05) is 0 Å². The third-order valence-electron chi connectivity index (χ3n) is 4.59. The first-order valence-electron chi connectivity index (χ1n) is 8.99. The molecule has 0 saturated carbocycles. The molecule has 1 amide bonds. The van der Waals surface area contributed by atoms with E-state index in [0.29, 0.717) is 11.3 Å². The number of anilines is 1. The highest BCUT2D eigenvalue weighted by atomic mass is 32.2. The molecule has 150 valence electrons. The fourth-order valence-electron chi connectivity index (χ4n) is 2.85. The molecule has 0 fully saturated rings. The van der Waals surface area contributed by atoms with Crippen molar-refractivity contribution in [2.24, 2.45) is 0 Å². The van der Waals surface area contributed by atoms with Crippen LogP contribution in [0, 0.1) is 5.82 Å². The summed E-state index contributed by atoms with van der Waals surface area (Å²) in [5, 5.41) is 2.84. The smallest absolute Gasteiger partial charge is 0.264 e. The van der Waals surface area contributed by atoms with Gasteiger partial charge in [0.15, 0.2) is 0 Å². The van der Waals surface area contributed by atoms with Crippen LogP contribution in [0.2, 0.25) is 0 Å². The van der Waals surface area contributed by atoms with E-state index < -0.39 is 10.0 Å². The zero-order valence-electron chi connectivity index (χ0n) is 16.0. The lowest BCUT2D eigenvalue weighted by molar-refractivity contribution is 0.0940. The Morgan fingerprint density at radius 3 is 2.28 bits per heavy atom. The molecule has 0 bridgehead atoms. The summed E-state index contributed by atoms with van der Waals surface area (Å²) < 4.78 is 39.8. The fourth-order valence-corrected chi connectivity index (χ4v) is 4.06. The Labute approximate surface area is 169 Å². The average Bonchev–Trinajstić information content (AvgIpc) is 2.74. The molecule has 5 nitrogen and oxygen atoms in total. The van der Waals surface area contributed by atoms with E-state index in [-0.39, 0.29) is 22.7 Å². The second-order valence-electron chi connectivity index (χ2n) is 6.58. The summed E-state index contributed by atoms with van der Waals surface area (Å²) in [6.45, 7) is 1.79. The van der Waals surface area contributed by atoms with Gasteiger partial charge in [0.05, 0.1) is 16.6 Å². The number of carbonyl (C=O) groups excluding carboxylic acids is 1. The van der Waals surface area contributed by atoms with Gasteiger partial charge >= 0.3 is 0 Å². The molecule has 3 rings (SSSR count). The van der Waals surface area contributed by atoms with Crippen molar-refractivity contribution in [3.05, 3.63) is 95.8 Å². The molecule has 29 heavy (non-hydrogen) atoms. The van der Waals surface area contributed by atoms with Crippen LogP contribution in [-0.2, 0) is 10.0 Å². The Balaban J connectivity index is 1.80. The summed E-state index contributed by atoms with van der Waals surface area (Å²) in [7, 11) is -2.29. The Bertz CT molecular complexity index is 1100. The van der Waals surface area contributed by atoms with E-state index in [0.717, 1.165) is 9.87 Å². The Kier molecular flexibility index (Phi) is 5.98. The van der Waals surface area contributed by atoms with Crippen molar-refractivity contribution in [1.29, 1.82) is 0 Å². The van der Waals surface area contributed by atoms with Crippen molar-refractivity contribution in [2.75, 3.05) is 11.4 Å². The maximum Gasteiger partial charge on any atom is 0.264 e. The van der Waals surface area contributed by atoms with Crippen molar-refractivity contribution in [3.63, 3.8) is 0 Å². The molecule has 1 N–H and O–H groups in total. The Morgan fingerprint density at radius 1 is 0.966 bits per heavy atom. The predicted octanol–water partition coefficient (Wildman–Crippen LogP) is 4.14. The summed E-state index contributed by atoms with van der Waals surface area (Å²) in [6.07, 6.45) is 0. The number of nitrogens with zero attached hydrogens (tertiary/aromatic N) is 1. The number of benzene rings is 3. The van der Waals surface area contributed by atoms with Gasteiger partial charge in [0.25, 0.3) is 15.9 Å². The quantitative estimate of drug-likeness (QED) is 0.662. The van der Waals surface area contributed by atoms with Gasteiger partial charge < -0.3 is 5.32 Å². The first-order valence-corrected chi connectivity index (χ1v) is 10.4. The number of sulfonamides is 1. The van der Waals surface area contributed by atoms with Crippen LogP contribution in [0.15, 0.2) is 83.8 Å². The molecule has 0 aliphatic carbocycles. The summed E-state index contributed by atoms with van der Waals surface area (Å²) in [6, 6.07) is 20.0. The molecule has 1 atom stereocenters. The van der Waals surface area contributed by atoms with E-state index in [1.165, 1.54) is 37.4 Å². The predicted molar refractivity (Wildman–Crippen MR) is 111 cm³/mol. The van der Waals surface area contributed by atoms with Gasteiger partial charge in [-0.2, -0.15) is 0 Å². The van der Waals surface area contributed by atoms with Crippen molar-refractivity contribution >= 4 is 21.6 Å². The van der Waals surface area contributed by atoms with Gasteiger partial charge in [-0.1, -0.05) is 36.4 Å². The number of carbonyl (C=O) groups is 1. The minimum Gasteiger partial charge on any atom is -0.346 e. The number of rotatable bonds is 6. The van der Waals surface area contributed by atoms with Crippen LogP contribution in [0.25, 0.3) is 0 Å². The molecule has 0 spiro atoms. The molecule has 3 aromatic carbocycles. The van der Waals surface area contributed by atoms with Crippen LogP contribution in [0.5, 0.6) is 0 Å². The van der Waals surface area contributed by atoms with E-state index in [4.69, 9.17) is 0 Å². The third-order valence-corrected chi connectivity index (χ3v) is 6.39. The third kappa shape index (κ3) is 4.63. The Hall–Kier alpha value is -3.19. The van der Waals surface area contributed by atoms with Gasteiger partial charge in [-0.05, 0) is 55.0 Å². The van der Waals surface area contributed by atoms with E-state index >= 15 is 0 Å². The first-order chi connectivity index (χ1) is 13.8. The summed E-state index contributed by atoms with van der Waals surface area (Å²) in [4.78, 5) is 12.8. The van der Waals surface area contributed by atoms with Gasteiger partial charge in [-0.15, -0.1) is 0 Å². The topological polar surface area (TPSA) is 66.5 Å². The molecule has 0 heterocycles. The van der Waals surface area contributed by atoms with Gasteiger partial charge in [0.2, 0.25) is 0 Å². The number of hydrogen-bond acceptors (Lipinski definition) is 3. The largest absolute Gasteiger partial charge is 0.346 e. The minimum atomic E-state index is -3.74.